The van der Waals surface area contributed by atoms with Gasteiger partial charge in [0.2, 0.25) is 5.91 Å². The van der Waals surface area contributed by atoms with E-state index in [9.17, 15) is 14.0 Å². The highest BCUT2D eigenvalue weighted by Gasteiger charge is 2.21. The SMILES string of the molecule is C[C@H](C(N)=O)c1cccc(F)c1C(N)=O. The maximum absolute atomic E-state index is 13.3. The quantitative estimate of drug-likeness (QED) is 0.761. The molecule has 2 amide bonds. The highest BCUT2D eigenvalue weighted by molar-refractivity contribution is 5.96. The van der Waals surface area contributed by atoms with Crippen molar-refractivity contribution in [2.75, 3.05) is 0 Å². The van der Waals surface area contributed by atoms with Gasteiger partial charge in [-0.3, -0.25) is 9.59 Å². The van der Waals surface area contributed by atoms with Crippen LogP contribution in [-0.2, 0) is 4.79 Å². The molecule has 4 nitrogen and oxygen atoms in total. The fraction of sp³-hybridized carbons (Fsp3) is 0.200. The van der Waals surface area contributed by atoms with E-state index in [-0.39, 0.29) is 11.1 Å². The van der Waals surface area contributed by atoms with E-state index in [4.69, 9.17) is 11.5 Å². The van der Waals surface area contributed by atoms with Gasteiger partial charge < -0.3 is 11.5 Å². The molecule has 0 aliphatic carbocycles. The van der Waals surface area contributed by atoms with Gasteiger partial charge in [-0.25, -0.2) is 4.39 Å². The molecule has 1 aromatic carbocycles. The first-order valence-electron chi connectivity index (χ1n) is 4.32. The second kappa shape index (κ2) is 4.08. The van der Waals surface area contributed by atoms with Gasteiger partial charge in [-0.1, -0.05) is 12.1 Å². The van der Waals surface area contributed by atoms with Crippen molar-refractivity contribution in [2.24, 2.45) is 11.5 Å². The van der Waals surface area contributed by atoms with Gasteiger partial charge in [0.15, 0.2) is 0 Å². The zero-order valence-corrected chi connectivity index (χ0v) is 8.16. The van der Waals surface area contributed by atoms with Gasteiger partial charge in [0.05, 0.1) is 11.5 Å². The van der Waals surface area contributed by atoms with Gasteiger partial charge in [-0.15, -0.1) is 0 Å². The van der Waals surface area contributed by atoms with Gasteiger partial charge in [-0.05, 0) is 18.6 Å². The summed E-state index contributed by atoms with van der Waals surface area (Å²) in [6.45, 7) is 1.49. The maximum Gasteiger partial charge on any atom is 0.251 e. The van der Waals surface area contributed by atoms with Gasteiger partial charge in [0, 0.05) is 0 Å². The van der Waals surface area contributed by atoms with Gasteiger partial charge in [0.25, 0.3) is 5.91 Å². The second-order valence-electron chi connectivity index (χ2n) is 3.19. The number of hydrogen-bond acceptors (Lipinski definition) is 2. The van der Waals surface area contributed by atoms with Crippen LogP contribution in [0.4, 0.5) is 4.39 Å². The summed E-state index contributed by atoms with van der Waals surface area (Å²) in [6, 6.07) is 3.96. The molecule has 1 atom stereocenters. The van der Waals surface area contributed by atoms with Crippen molar-refractivity contribution in [2.45, 2.75) is 12.8 Å². The highest BCUT2D eigenvalue weighted by Crippen LogP contribution is 2.21. The fourth-order valence-electron chi connectivity index (χ4n) is 1.31. The normalized spacial score (nSPS) is 12.1. The Morgan fingerprint density at radius 3 is 2.40 bits per heavy atom. The first kappa shape index (κ1) is 11.2. The third kappa shape index (κ3) is 2.12. The Hall–Kier alpha value is -1.91. The molecule has 0 fully saturated rings. The minimum Gasteiger partial charge on any atom is -0.369 e. The molecule has 0 unspecified atom stereocenters. The van der Waals surface area contributed by atoms with Crippen LogP contribution in [-0.4, -0.2) is 11.8 Å². The average molecular weight is 210 g/mol. The topological polar surface area (TPSA) is 86.2 Å². The van der Waals surface area contributed by atoms with E-state index < -0.39 is 23.5 Å². The monoisotopic (exact) mass is 210 g/mol. The Morgan fingerprint density at radius 2 is 1.93 bits per heavy atom. The molecule has 0 radical (unpaired) electrons. The molecule has 0 spiro atoms. The summed E-state index contributed by atoms with van der Waals surface area (Å²) in [6.07, 6.45) is 0. The molecule has 1 aromatic rings. The zero-order valence-electron chi connectivity index (χ0n) is 8.16. The lowest BCUT2D eigenvalue weighted by molar-refractivity contribution is -0.119. The van der Waals surface area contributed by atoms with Crippen LogP contribution in [0.1, 0.15) is 28.8 Å². The third-order valence-corrected chi connectivity index (χ3v) is 2.19. The molecule has 80 valence electrons. The molecule has 0 saturated carbocycles. The number of carbonyl (C=O) groups is 2. The summed E-state index contributed by atoms with van der Waals surface area (Å²) < 4.78 is 13.3. The van der Waals surface area contributed by atoms with E-state index in [0.29, 0.717) is 0 Å². The third-order valence-electron chi connectivity index (χ3n) is 2.19. The average Bonchev–Trinajstić information content (AvgIpc) is 2.15. The number of benzene rings is 1. The Bertz CT molecular complexity index is 418. The summed E-state index contributed by atoms with van der Waals surface area (Å²) in [7, 11) is 0. The minimum atomic E-state index is -0.906. The molecule has 0 aliphatic rings. The smallest absolute Gasteiger partial charge is 0.251 e. The van der Waals surface area contributed by atoms with E-state index in [1.165, 1.54) is 19.1 Å². The van der Waals surface area contributed by atoms with Crippen molar-refractivity contribution in [3.63, 3.8) is 0 Å². The Labute approximate surface area is 86.1 Å². The Morgan fingerprint density at radius 1 is 1.33 bits per heavy atom. The summed E-state index contributed by atoms with van der Waals surface area (Å²) in [5, 5.41) is 0. The lowest BCUT2D eigenvalue weighted by Crippen LogP contribution is -2.23. The summed E-state index contributed by atoms with van der Waals surface area (Å²) in [4.78, 5) is 21.9. The maximum atomic E-state index is 13.3. The molecule has 1 rings (SSSR count). The van der Waals surface area contributed by atoms with E-state index in [2.05, 4.69) is 0 Å². The lowest BCUT2D eigenvalue weighted by atomic mass is 9.94. The Kier molecular flexibility index (Phi) is 3.04. The molecule has 15 heavy (non-hydrogen) atoms. The van der Waals surface area contributed by atoms with Gasteiger partial charge in [-0.2, -0.15) is 0 Å². The van der Waals surface area contributed by atoms with Crippen molar-refractivity contribution in [3.05, 3.63) is 35.1 Å². The minimum absolute atomic E-state index is 0.218. The van der Waals surface area contributed by atoms with Crippen LogP contribution in [0.25, 0.3) is 0 Å². The number of halogens is 1. The summed E-state index contributed by atoms with van der Waals surface area (Å²) in [5.74, 6) is -3.03. The van der Waals surface area contributed by atoms with E-state index in [1.807, 2.05) is 0 Å². The molecular weight excluding hydrogens is 199 g/mol. The molecule has 0 heterocycles. The highest BCUT2D eigenvalue weighted by atomic mass is 19.1. The van der Waals surface area contributed by atoms with Crippen molar-refractivity contribution >= 4 is 11.8 Å². The van der Waals surface area contributed by atoms with Crippen LogP contribution in [0.15, 0.2) is 18.2 Å². The number of primary amides is 2. The zero-order chi connectivity index (χ0) is 11.6. The van der Waals surface area contributed by atoms with Gasteiger partial charge in [0.1, 0.15) is 5.82 Å². The van der Waals surface area contributed by atoms with Crippen LogP contribution < -0.4 is 11.5 Å². The summed E-state index contributed by atoms with van der Waals surface area (Å²) in [5.41, 5.74) is 10.0. The first-order chi connectivity index (χ1) is 6.95. The van der Waals surface area contributed by atoms with Gasteiger partial charge >= 0.3 is 0 Å². The van der Waals surface area contributed by atoms with Crippen LogP contribution in [0, 0.1) is 5.82 Å². The predicted octanol–water partition coefficient (Wildman–Crippen LogP) is 0.513. The van der Waals surface area contributed by atoms with Crippen LogP contribution in [0.2, 0.25) is 0 Å². The number of carbonyl (C=O) groups excluding carboxylic acids is 2. The van der Waals surface area contributed by atoms with E-state index in [0.717, 1.165) is 6.07 Å². The molecule has 0 bridgehead atoms. The van der Waals surface area contributed by atoms with Crippen LogP contribution >= 0.6 is 0 Å². The predicted molar refractivity (Wildman–Crippen MR) is 52.5 cm³/mol. The number of hydrogen-bond donors (Lipinski definition) is 2. The molecule has 0 saturated heterocycles. The number of nitrogens with two attached hydrogens (primary N) is 2. The summed E-state index contributed by atoms with van der Waals surface area (Å²) >= 11 is 0. The Balaban J connectivity index is 3.35. The number of rotatable bonds is 3. The molecule has 4 N–H and O–H groups in total. The molecule has 0 aliphatic heterocycles. The van der Waals surface area contributed by atoms with Crippen molar-refractivity contribution in [1.29, 1.82) is 0 Å². The second-order valence-corrected chi connectivity index (χ2v) is 3.19. The van der Waals surface area contributed by atoms with Crippen molar-refractivity contribution in [3.8, 4) is 0 Å². The van der Waals surface area contributed by atoms with Crippen molar-refractivity contribution < 1.29 is 14.0 Å². The first-order valence-corrected chi connectivity index (χ1v) is 4.32. The van der Waals surface area contributed by atoms with Crippen LogP contribution in [0.5, 0.6) is 0 Å². The molecular formula is C10H11FN2O2. The number of amides is 2. The van der Waals surface area contributed by atoms with Crippen LogP contribution in [0.3, 0.4) is 0 Å². The van der Waals surface area contributed by atoms with E-state index in [1.54, 1.807) is 0 Å². The standard InChI is InChI=1S/C10H11FN2O2/c1-5(9(12)14)6-3-2-4-7(11)8(6)10(13)15/h2-5H,1H3,(H2,12,14)(H2,13,15)/t5-/m0/s1. The largest absolute Gasteiger partial charge is 0.369 e. The lowest BCUT2D eigenvalue weighted by Gasteiger charge is -2.11. The fourth-order valence-corrected chi connectivity index (χ4v) is 1.31. The van der Waals surface area contributed by atoms with Crippen molar-refractivity contribution in [1.82, 2.24) is 0 Å². The van der Waals surface area contributed by atoms with E-state index >= 15 is 0 Å². The molecule has 5 heteroatoms. The molecule has 0 aromatic heterocycles.